The second-order valence-corrected chi connectivity index (χ2v) is 8.71. The van der Waals surface area contributed by atoms with Crippen molar-refractivity contribution in [3.63, 3.8) is 0 Å². The van der Waals surface area contributed by atoms with Crippen LogP contribution in [-0.4, -0.2) is 37.3 Å². The van der Waals surface area contributed by atoms with Crippen molar-refractivity contribution in [1.82, 2.24) is 9.29 Å². The molecule has 3 aromatic rings. The largest absolute Gasteiger partial charge is 0.495 e. The molecular weight excluding hydrogens is 426 g/mol. The molecule has 0 spiro atoms. The van der Waals surface area contributed by atoms with Crippen molar-refractivity contribution in [3.8, 4) is 5.75 Å². The summed E-state index contributed by atoms with van der Waals surface area (Å²) in [7, 11) is -2.48. The molecule has 9 heteroatoms. The van der Waals surface area contributed by atoms with Crippen LogP contribution in [0.5, 0.6) is 5.75 Å². The zero-order chi connectivity index (χ0) is 21.6. The van der Waals surface area contributed by atoms with Crippen LogP contribution in [0.15, 0.2) is 78.0 Å². The van der Waals surface area contributed by atoms with Crippen molar-refractivity contribution in [3.05, 3.63) is 83.6 Å². The average molecular weight is 446 g/mol. The van der Waals surface area contributed by atoms with Crippen molar-refractivity contribution < 1.29 is 17.9 Å². The van der Waals surface area contributed by atoms with E-state index in [1.54, 1.807) is 48.5 Å². The second-order valence-electron chi connectivity index (χ2n) is 6.34. The van der Waals surface area contributed by atoms with E-state index in [9.17, 15) is 13.2 Å². The molecule has 1 aromatic heterocycles. The Kier molecular flexibility index (Phi) is 7.04. The molecule has 0 bridgehead atoms. The predicted molar refractivity (Wildman–Crippen MR) is 115 cm³/mol. The van der Waals surface area contributed by atoms with Crippen LogP contribution in [0.2, 0.25) is 5.02 Å². The van der Waals surface area contributed by atoms with E-state index < -0.39 is 22.5 Å². The van der Waals surface area contributed by atoms with Gasteiger partial charge in [0.25, 0.3) is 0 Å². The molecule has 7 nitrogen and oxygen atoms in total. The number of benzene rings is 2. The number of pyridine rings is 1. The number of amides is 1. The van der Waals surface area contributed by atoms with Crippen LogP contribution in [0, 0.1) is 0 Å². The number of nitrogens with one attached hydrogen (secondary N) is 1. The minimum Gasteiger partial charge on any atom is -0.495 e. The molecule has 0 aliphatic heterocycles. The number of nitrogens with zero attached hydrogens (tertiary/aromatic N) is 2. The van der Waals surface area contributed by atoms with E-state index in [1.165, 1.54) is 31.6 Å². The maximum Gasteiger partial charge on any atom is 0.245 e. The van der Waals surface area contributed by atoms with E-state index in [0.29, 0.717) is 22.0 Å². The highest BCUT2D eigenvalue weighted by Gasteiger charge is 2.27. The summed E-state index contributed by atoms with van der Waals surface area (Å²) >= 11 is 5.92. The fourth-order valence-electron chi connectivity index (χ4n) is 2.77. The predicted octanol–water partition coefficient (Wildman–Crippen LogP) is 3.57. The molecule has 1 heterocycles. The number of hydrogen-bond donors (Lipinski definition) is 1. The van der Waals surface area contributed by atoms with Crippen molar-refractivity contribution in [2.45, 2.75) is 11.4 Å². The van der Waals surface area contributed by atoms with Gasteiger partial charge in [0.2, 0.25) is 15.9 Å². The third-order valence-electron chi connectivity index (χ3n) is 4.25. The molecule has 1 N–H and O–H groups in total. The number of rotatable bonds is 8. The van der Waals surface area contributed by atoms with Crippen molar-refractivity contribution in [2.24, 2.45) is 0 Å². The van der Waals surface area contributed by atoms with Crippen LogP contribution in [0.1, 0.15) is 5.56 Å². The molecule has 2 aromatic carbocycles. The number of halogens is 1. The Morgan fingerprint density at radius 2 is 1.83 bits per heavy atom. The molecule has 0 fully saturated rings. The van der Waals surface area contributed by atoms with Crippen molar-refractivity contribution in [1.29, 1.82) is 0 Å². The van der Waals surface area contributed by atoms with Gasteiger partial charge in [-0.05, 0) is 42.0 Å². The Bertz CT molecular complexity index is 1110. The Morgan fingerprint density at radius 1 is 1.10 bits per heavy atom. The highest BCUT2D eigenvalue weighted by atomic mass is 35.5. The summed E-state index contributed by atoms with van der Waals surface area (Å²) < 4.78 is 32.7. The molecule has 0 saturated heterocycles. The first-order valence-electron chi connectivity index (χ1n) is 8.97. The molecule has 0 aliphatic carbocycles. The number of aromatic nitrogens is 1. The van der Waals surface area contributed by atoms with Gasteiger partial charge in [-0.2, -0.15) is 4.31 Å². The van der Waals surface area contributed by atoms with E-state index in [0.717, 1.165) is 4.31 Å². The smallest absolute Gasteiger partial charge is 0.245 e. The standard InChI is InChI=1S/C21H20ClN3O4S/c1-29-20-7-3-2-6-19(20)24-21(26)15-25(14-16-8-10-17(22)11-9-16)30(27,28)18-5-4-12-23-13-18/h2-13H,14-15H2,1H3,(H,24,26). The highest BCUT2D eigenvalue weighted by Crippen LogP contribution is 2.24. The lowest BCUT2D eigenvalue weighted by atomic mass is 10.2. The molecule has 0 aliphatic rings. The number of hydrogen-bond acceptors (Lipinski definition) is 5. The van der Waals surface area contributed by atoms with Crippen molar-refractivity contribution >= 4 is 33.2 Å². The molecule has 0 atom stereocenters. The summed E-state index contributed by atoms with van der Waals surface area (Å²) in [6, 6.07) is 16.6. The molecule has 3 rings (SSSR count). The fraction of sp³-hybridized carbons (Fsp3) is 0.143. The highest BCUT2D eigenvalue weighted by molar-refractivity contribution is 7.89. The fourth-order valence-corrected chi connectivity index (χ4v) is 4.24. The first-order valence-corrected chi connectivity index (χ1v) is 10.8. The molecule has 156 valence electrons. The summed E-state index contributed by atoms with van der Waals surface area (Å²) in [6.07, 6.45) is 2.74. The average Bonchev–Trinajstić information content (AvgIpc) is 2.75. The minimum absolute atomic E-state index is 0.00375. The van der Waals surface area contributed by atoms with E-state index >= 15 is 0 Å². The van der Waals surface area contributed by atoms with Gasteiger partial charge in [0.05, 0.1) is 19.3 Å². The monoisotopic (exact) mass is 445 g/mol. The first-order chi connectivity index (χ1) is 14.4. The van der Waals surface area contributed by atoms with Crippen LogP contribution in [0.4, 0.5) is 5.69 Å². The lowest BCUT2D eigenvalue weighted by Gasteiger charge is -2.22. The van der Waals surface area contributed by atoms with E-state index in [-0.39, 0.29) is 11.4 Å². The summed E-state index contributed by atoms with van der Waals surface area (Å²) in [5.41, 5.74) is 1.15. The lowest BCUT2D eigenvalue weighted by Crippen LogP contribution is -2.37. The van der Waals surface area contributed by atoms with Gasteiger partial charge in [0.1, 0.15) is 10.6 Å². The number of sulfonamides is 1. The first kappa shape index (κ1) is 21.8. The molecule has 0 saturated carbocycles. The van der Waals surface area contributed by atoms with Gasteiger partial charge >= 0.3 is 0 Å². The van der Waals surface area contributed by atoms with Gasteiger partial charge in [-0.1, -0.05) is 35.9 Å². The number of methoxy groups -OCH3 is 1. The van der Waals surface area contributed by atoms with Gasteiger partial charge in [-0.25, -0.2) is 8.42 Å². The Hall–Kier alpha value is -2.94. The lowest BCUT2D eigenvalue weighted by molar-refractivity contribution is -0.116. The van der Waals surface area contributed by atoms with Crippen LogP contribution >= 0.6 is 11.6 Å². The molecular formula is C21H20ClN3O4S. The normalized spacial score (nSPS) is 11.3. The Morgan fingerprint density at radius 3 is 2.50 bits per heavy atom. The molecule has 0 unspecified atom stereocenters. The van der Waals surface area contributed by atoms with Crippen LogP contribution in [0.25, 0.3) is 0 Å². The van der Waals surface area contributed by atoms with Gasteiger partial charge in [-0.15, -0.1) is 0 Å². The quantitative estimate of drug-likeness (QED) is 0.572. The van der Waals surface area contributed by atoms with E-state index in [1.807, 2.05) is 0 Å². The van der Waals surface area contributed by atoms with Gasteiger partial charge < -0.3 is 10.1 Å². The summed E-state index contributed by atoms with van der Waals surface area (Å²) in [5.74, 6) is -0.0221. The number of para-hydroxylation sites is 2. The topological polar surface area (TPSA) is 88.6 Å². The third-order valence-corrected chi connectivity index (χ3v) is 6.27. The minimum atomic E-state index is -3.97. The number of carbonyl (C=O) groups excluding carboxylic acids is 1. The number of ether oxygens (including phenoxy) is 1. The third kappa shape index (κ3) is 5.35. The Balaban J connectivity index is 1.87. The molecule has 30 heavy (non-hydrogen) atoms. The summed E-state index contributed by atoms with van der Waals surface area (Å²) in [5, 5.41) is 3.24. The van der Waals surface area contributed by atoms with Crippen LogP contribution in [0.3, 0.4) is 0 Å². The van der Waals surface area contributed by atoms with E-state index in [2.05, 4.69) is 10.3 Å². The van der Waals surface area contributed by atoms with Gasteiger partial charge in [0, 0.05) is 24.0 Å². The second kappa shape index (κ2) is 9.71. The number of anilines is 1. The zero-order valence-corrected chi connectivity index (χ0v) is 17.7. The summed E-state index contributed by atoms with van der Waals surface area (Å²) in [4.78, 5) is 16.6. The Labute approximate surface area is 180 Å². The summed E-state index contributed by atoms with van der Waals surface area (Å²) in [6.45, 7) is -0.397. The SMILES string of the molecule is COc1ccccc1NC(=O)CN(Cc1ccc(Cl)cc1)S(=O)(=O)c1cccnc1. The van der Waals surface area contributed by atoms with Crippen LogP contribution in [-0.2, 0) is 21.4 Å². The van der Waals surface area contributed by atoms with Gasteiger partial charge in [0.15, 0.2) is 0 Å². The number of carbonyl (C=O) groups is 1. The molecule has 0 radical (unpaired) electrons. The van der Waals surface area contributed by atoms with Crippen LogP contribution < -0.4 is 10.1 Å². The zero-order valence-electron chi connectivity index (χ0n) is 16.2. The van der Waals surface area contributed by atoms with Crippen molar-refractivity contribution in [2.75, 3.05) is 19.0 Å². The van der Waals surface area contributed by atoms with E-state index in [4.69, 9.17) is 16.3 Å². The molecule has 1 amide bonds. The maximum atomic E-state index is 13.2. The maximum absolute atomic E-state index is 13.2. The van der Waals surface area contributed by atoms with Gasteiger partial charge in [-0.3, -0.25) is 9.78 Å².